The first kappa shape index (κ1) is 16.3. The lowest BCUT2D eigenvalue weighted by molar-refractivity contribution is -0.140. The quantitative estimate of drug-likeness (QED) is 0.626. The summed E-state index contributed by atoms with van der Waals surface area (Å²) in [6, 6.07) is -0.913. The number of hydrogen-bond acceptors (Lipinski definition) is 3. The number of aromatic nitrogens is 2. The van der Waals surface area contributed by atoms with Gasteiger partial charge in [0.25, 0.3) is 0 Å². The molecule has 1 aromatic rings. The molecule has 0 aliphatic heterocycles. The van der Waals surface area contributed by atoms with E-state index in [1.54, 1.807) is 4.68 Å². The smallest absolute Gasteiger partial charge is 0.271 e. The van der Waals surface area contributed by atoms with Crippen LogP contribution in [0.15, 0.2) is 0 Å². The lowest BCUT2D eigenvalue weighted by Gasteiger charge is -2.18. The minimum Gasteiger partial charge on any atom is -0.271 e. The van der Waals surface area contributed by atoms with E-state index in [0.29, 0.717) is 29.4 Å². The Kier molecular flexibility index (Phi) is 5.64. The highest BCUT2D eigenvalue weighted by atomic mass is 35.5. The van der Waals surface area contributed by atoms with Crippen LogP contribution in [0.2, 0.25) is 5.02 Å². The Balaban J connectivity index is 2.93. The van der Waals surface area contributed by atoms with Gasteiger partial charge in [0, 0.05) is 19.0 Å². The average molecular weight is 299 g/mol. The summed E-state index contributed by atoms with van der Waals surface area (Å²) in [5, 5.41) is 4.70. The van der Waals surface area contributed by atoms with Crippen LogP contribution in [-0.2, 0) is 19.4 Å². The van der Waals surface area contributed by atoms with Crippen molar-refractivity contribution >= 4 is 11.6 Å². The van der Waals surface area contributed by atoms with Crippen LogP contribution in [0.4, 0.5) is 13.2 Å². The predicted octanol–water partition coefficient (Wildman–Crippen LogP) is 2.45. The second kappa shape index (κ2) is 6.58. The summed E-state index contributed by atoms with van der Waals surface area (Å²) in [5.74, 6) is 5.19. The van der Waals surface area contributed by atoms with Crippen LogP contribution in [-0.4, -0.2) is 22.0 Å². The molecule has 0 aromatic carbocycles. The fourth-order valence-electron chi connectivity index (χ4n) is 1.92. The molecule has 110 valence electrons. The van der Waals surface area contributed by atoms with Gasteiger partial charge >= 0.3 is 6.18 Å². The molecule has 0 spiro atoms. The second-order valence-corrected chi connectivity index (χ2v) is 4.64. The number of hydrogen-bond donors (Lipinski definition) is 2. The van der Waals surface area contributed by atoms with Crippen molar-refractivity contribution in [2.24, 2.45) is 5.84 Å². The molecule has 0 fully saturated rings. The average Bonchev–Trinajstić information content (AvgIpc) is 2.63. The van der Waals surface area contributed by atoms with E-state index in [9.17, 15) is 13.2 Å². The van der Waals surface area contributed by atoms with E-state index in [1.807, 2.05) is 13.8 Å². The zero-order chi connectivity index (χ0) is 14.6. The van der Waals surface area contributed by atoms with Gasteiger partial charge in [0.05, 0.1) is 22.8 Å². The number of nitrogens with one attached hydrogen (secondary N) is 1. The number of hydrazine groups is 1. The summed E-state index contributed by atoms with van der Waals surface area (Å²) in [4.78, 5) is 0. The first-order chi connectivity index (χ1) is 8.82. The third kappa shape index (κ3) is 4.36. The van der Waals surface area contributed by atoms with E-state index in [0.717, 1.165) is 0 Å². The maximum Gasteiger partial charge on any atom is 0.390 e. The number of nitrogens with zero attached hydrogens (tertiary/aromatic N) is 2. The summed E-state index contributed by atoms with van der Waals surface area (Å²) >= 11 is 6.15. The molecule has 1 atom stereocenters. The van der Waals surface area contributed by atoms with Crippen LogP contribution in [0.3, 0.4) is 0 Å². The molecular weight excluding hydrogens is 281 g/mol. The highest BCUT2D eigenvalue weighted by molar-refractivity contribution is 6.31. The van der Waals surface area contributed by atoms with Gasteiger partial charge in [-0.25, -0.2) is 0 Å². The molecule has 0 saturated heterocycles. The molecule has 0 aliphatic carbocycles. The molecule has 0 saturated carbocycles. The minimum atomic E-state index is -4.27. The fourth-order valence-corrected chi connectivity index (χ4v) is 2.26. The van der Waals surface area contributed by atoms with Gasteiger partial charge in [-0.2, -0.15) is 18.3 Å². The van der Waals surface area contributed by atoms with Gasteiger partial charge in [0.1, 0.15) is 0 Å². The molecule has 1 heterocycles. The molecular formula is C11H18ClF3N4. The summed E-state index contributed by atoms with van der Waals surface area (Å²) in [6.07, 6.45) is -4.54. The zero-order valence-corrected chi connectivity index (χ0v) is 11.6. The second-order valence-electron chi connectivity index (χ2n) is 4.26. The molecule has 0 amide bonds. The Morgan fingerprint density at radius 1 is 1.42 bits per heavy atom. The maximum atomic E-state index is 12.4. The van der Waals surface area contributed by atoms with Crippen molar-refractivity contribution in [2.75, 3.05) is 0 Å². The highest BCUT2D eigenvalue weighted by Crippen LogP contribution is 2.27. The van der Waals surface area contributed by atoms with E-state index in [2.05, 4.69) is 10.5 Å². The lowest BCUT2D eigenvalue weighted by Crippen LogP contribution is -2.40. The number of halogens is 4. The maximum absolute atomic E-state index is 12.4. The van der Waals surface area contributed by atoms with Gasteiger partial charge in [-0.3, -0.25) is 16.0 Å². The van der Waals surface area contributed by atoms with Gasteiger partial charge in [-0.1, -0.05) is 18.5 Å². The topological polar surface area (TPSA) is 55.9 Å². The van der Waals surface area contributed by atoms with Gasteiger partial charge in [0.2, 0.25) is 0 Å². The van der Waals surface area contributed by atoms with Crippen molar-refractivity contribution in [1.29, 1.82) is 0 Å². The van der Waals surface area contributed by atoms with Gasteiger partial charge in [-0.05, 0) is 13.3 Å². The standard InChI is InChI=1S/C11H18ClF3N4/c1-3-8-10(12)9(19(4-2)18-8)5-7(17-16)6-11(13,14)15/h7,17H,3-6,16H2,1-2H3. The first-order valence-corrected chi connectivity index (χ1v) is 6.47. The Bertz CT molecular complexity index is 417. The van der Waals surface area contributed by atoms with Crippen LogP contribution < -0.4 is 11.3 Å². The van der Waals surface area contributed by atoms with Crippen LogP contribution in [0.1, 0.15) is 31.7 Å². The minimum absolute atomic E-state index is 0.0929. The summed E-state index contributed by atoms with van der Waals surface area (Å²) in [6.45, 7) is 4.31. The van der Waals surface area contributed by atoms with E-state index in [4.69, 9.17) is 17.4 Å². The molecule has 8 heteroatoms. The molecule has 1 unspecified atom stereocenters. The SMILES string of the molecule is CCc1nn(CC)c(CC(CC(F)(F)F)NN)c1Cl. The van der Waals surface area contributed by atoms with Crippen molar-refractivity contribution in [2.45, 2.75) is 51.9 Å². The molecule has 0 radical (unpaired) electrons. The predicted molar refractivity (Wildman–Crippen MR) is 67.8 cm³/mol. The van der Waals surface area contributed by atoms with Crippen molar-refractivity contribution in [3.05, 3.63) is 16.4 Å². The number of alkyl halides is 3. The Labute approximate surface area is 115 Å². The molecule has 0 aliphatic rings. The molecule has 1 aromatic heterocycles. The van der Waals surface area contributed by atoms with Gasteiger partial charge in [-0.15, -0.1) is 0 Å². The third-order valence-electron chi connectivity index (χ3n) is 2.85. The van der Waals surface area contributed by atoms with E-state index >= 15 is 0 Å². The van der Waals surface area contributed by atoms with Crippen molar-refractivity contribution in [3.63, 3.8) is 0 Å². The van der Waals surface area contributed by atoms with Crippen LogP contribution in [0.25, 0.3) is 0 Å². The number of rotatable bonds is 6. The van der Waals surface area contributed by atoms with Gasteiger partial charge < -0.3 is 0 Å². The summed E-state index contributed by atoms with van der Waals surface area (Å²) < 4.78 is 38.8. The molecule has 3 N–H and O–H groups in total. The summed E-state index contributed by atoms with van der Waals surface area (Å²) in [5.41, 5.74) is 3.48. The molecule has 19 heavy (non-hydrogen) atoms. The largest absolute Gasteiger partial charge is 0.390 e. The monoisotopic (exact) mass is 298 g/mol. The Hall–Kier alpha value is -0.790. The Morgan fingerprint density at radius 3 is 2.47 bits per heavy atom. The zero-order valence-electron chi connectivity index (χ0n) is 10.9. The van der Waals surface area contributed by atoms with Crippen molar-refractivity contribution in [3.8, 4) is 0 Å². The number of nitrogens with two attached hydrogens (primary N) is 1. The lowest BCUT2D eigenvalue weighted by atomic mass is 10.1. The van der Waals surface area contributed by atoms with E-state index in [-0.39, 0.29) is 6.42 Å². The molecule has 1 rings (SSSR count). The fraction of sp³-hybridized carbons (Fsp3) is 0.727. The van der Waals surface area contributed by atoms with Crippen LogP contribution in [0.5, 0.6) is 0 Å². The van der Waals surface area contributed by atoms with Gasteiger partial charge in [0.15, 0.2) is 0 Å². The summed E-state index contributed by atoms with van der Waals surface area (Å²) in [7, 11) is 0. The van der Waals surface area contributed by atoms with Crippen LogP contribution >= 0.6 is 11.6 Å². The first-order valence-electron chi connectivity index (χ1n) is 6.09. The third-order valence-corrected chi connectivity index (χ3v) is 3.28. The van der Waals surface area contributed by atoms with E-state index in [1.165, 1.54) is 0 Å². The molecule has 4 nitrogen and oxygen atoms in total. The highest BCUT2D eigenvalue weighted by Gasteiger charge is 2.32. The normalized spacial score (nSPS) is 13.8. The van der Waals surface area contributed by atoms with E-state index < -0.39 is 18.6 Å². The number of aryl methyl sites for hydroxylation is 2. The molecule has 0 bridgehead atoms. The Morgan fingerprint density at radius 2 is 2.05 bits per heavy atom. The van der Waals surface area contributed by atoms with Crippen LogP contribution in [0, 0.1) is 0 Å². The van der Waals surface area contributed by atoms with Crippen molar-refractivity contribution < 1.29 is 13.2 Å². The van der Waals surface area contributed by atoms with Crippen molar-refractivity contribution in [1.82, 2.24) is 15.2 Å².